The van der Waals surface area contributed by atoms with Gasteiger partial charge in [0.05, 0.1) is 6.10 Å². The molecule has 25 heavy (non-hydrogen) atoms. The molecule has 1 amide bonds. The summed E-state index contributed by atoms with van der Waals surface area (Å²) in [6, 6.07) is 9.73. The number of rotatable bonds is 5. The predicted octanol–water partition coefficient (Wildman–Crippen LogP) is 3.04. The highest BCUT2D eigenvalue weighted by atomic mass is 16.5. The number of nitrogens with zero attached hydrogens (tertiary/aromatic N) is 3. The van der Waals surface area contributed by atoms with Gasteiger partial charge >= 0.3 is 0 Å². The van der Waals surface area contributed by atoms with Gasteiger partial charge in [-0.25, -0.2) is 0 Å². The standard InChI is InChI=1S/C19H23N3O3/c23-19(15-8-4-9-15)22-11-5-10-16(12-22)24-13-17-20-18(21-25-17)14-6-2-1-3-7-14/h1-3,6-7,15-16H,4-5,8-13H2/t16-/m0/s1. The van der Waals surface area contributed by atoms with E-state index in [9.17, 15) is 4.79 Å². The second kappa shape index (κ2) is 7.35. The molecule has 0 radical (unpaired) electrons. The maximum Gasteiger partial charge on any atom is 0.252 e. The molecule has 0 unspecified atom stereocenters. The molecule has 1 saturated carbocycles. The van der Waals surface area contributed by atoms with E-state index in [1.54, 1.807) is 0 Å². The quantitative estimate of drug-likeness (QED) is 0.836. The topological polar surface area (TPSA) is 68.5 Å². The van der Waals surface area contributed by atoms with Crippen molar-refractivity contribution in [2.24, 2.45) is 5.92 Å². The Morgan fingerprint density at radius 3 is 2.80 bits per heavy atom. The summed E-state index contributed by atoms with van der Waals surface area (Å²) in [4.78, 5) is 18.7. The van der Waals surface area contributed by atoms with Gasteiger partial charge in [-0.05, 0) is 25.7 Å². The molecule has 6 nitrogen and oxygen atoms in total. The third-order valence-electron chi connectivity index (χ3n) is 5.09. The van der Waals surface area contributed by atoms with Crippen LogP contribution in [0.25, 0.3) is 11.4 Å². The highest BCUT2D eigenvalue weighted by Gasteiger charge is 2.32. The van der Waals surface area contributed by atoms with E-state index in [4.69, 9.17) is 9.26 Å². The highest BCUT2D eigenvalue weighted by Crippen LogP contribution is 2.29. The molecule has 1 aliphatic heterocycles. The van der Waals surface area contributed by atoms with Gasteiger partial charge in [-0.15, -0.1) is 0 Å². The van der Waals surface area contributed by atoms with Crippen molar-refractivity contribution in [3.05, 3.63) is 36.2 Å². The summed E-state index contributed by atoms with van der Waals surface area (Å²) >= 11 is 0. The Morgan fingerprint density at radius 1 is 1.20 bits per heavy atom. The average Bonchev–Trinajstić information content (AvgIpc) is 3.08. The van der Waals surface area contributed by atoms with Crippen LogP contribution in [0.15, 0.2) is 34.9 Å². The third-order valence-corrected chi connectivity index (χ3v) is 5.09. The summed E-state index contributed by atoms with van der Waals surface area (Å²) in [5, 5.41) is 4.00. The Labute approximate surface area is 147 Å². The van der Waals surface area contributed by atoms with Crippen LogP contribution in [-0.4, -0.2) is 40.1 Å². The van der Waals surface area contributed by atoms with Gasteiger partial charge in [-0.3, -0.25) is 4.79 Å². The first-order valence-corrected chi connectivity index (χ1v) is 9.08. The number of benzene rings is 1. The van der Waals surface area contributed by atoms with Crippen LogP contribution in [0.2, 0.25) is 0 Å². The molecule has 1 atom stereocenters. The summed E-state index contributed by atoms with van der Waals surface area (Å²) in [6.45, 7) is 1.82. The fourth-order valence-electron chi connectivity index (χ4n) is 3.39. The third kappa shape index (κ3) is 3.74. The van der Waals surface area contributed by atoms with E-state index in [0.29, 0.717) is 24.2 Å². The summed E-state index contributed by atoms with van der Waals surface area (Å²) in [7, 11) is 0. The summed E-state index contributed by atoms with van der Waals surface area (Å²) in [5.74, 6) is 1.61. The number of carbonyl (C=O) groups is 1. The molecule has 1 aliphatic carbocycles. The number of hydrogen-bond acceptors (Lipinski definition) is 5. The maximum absolute atomic E-state index is 12.4. The normalized spacial score (nSPS) is 21.1. The predicted molar refractivity (Wildman–Crippen MR) is 91.5 cm³/mol. The molecular weight excluding hydrogens is 318 g/mol. The number of likely N-dealkylation sites (tertiary alicyclic amines) is 1. The zero-order valence-corrected chi connectivity index (χ0v) is 14.3. The van der Waals surface area contributed by atoms with E-state index < -0.39 is 0 Å². The van der Waals surface area contributed by atoms with Crippen molar-refractivity contribution in [3.63, 3.8) is 0 Å². The molecule has 1 aromatic heterocycles. The van der Waals surface area contributed by atoms with Crippen molar-refractivity contribution < 1.29 is 14.1 Å². The van der Waals surface area contributed by atoms with Gasteiger partial charge in [0, 0.05) is 24.6 Å². The van der Waals surface area contributed by atoms with Crippen LogP contribution in [0, 0.1) is 5.92 Å². The van der Waals surface area contributed by atoms with E-state index in [-0.39, 0.29) is 18.6 Å². The van der Waals surface area contributed by atoms with Gasteiger partial charge < -0.3 is 14.2 Å². The first kappa shape index (κ1) is 16.3. The molecule has 2 aromatic rings. The number of carbonyl (C=O) groups excluding carboxylic acids is 1. The Kier molecular flexibility index (Phi) is 4.78. The van der Waals surface area contributed by atoms with Gasteiger partial charge in [-0.2, -0.15) is 4.98 Å². The molecule has 0 N–H and O–H groups in total. The number of aromatic nitrogens is 2. The van der Waals surface area contributed by atoms with Gasteiger partial charge in [0.25, 0.3) is 5.89 Å². The molecule has 2 aliphatic rings. The van der Waals surface area contributed by atoms with Gasteiger partial charge in [0.15, 0.2) is 0 Å². The van der Waals surface area contributed by atoms with Crippen LogP contribution >= 0.6 is 0 Å². The minimum Gasteiger partial charge on any atom is -0.367 e. The fraction of sp³-hybridized carbons (Fsp3) is 0.526. The molecular formula is C19H23N3O3. The lowest BCUT2D eigenvalue weighted by Crippen LogP contribution is -2.46. The lowest BCUT2D eigenvalue weighted by atomic mass is 9.84. The molecule has 1 aromatic carbocycles. The van der Waals surface area contributed by atoms with Gasteiger partial charge in [0.1, 0.15) is 6.61 Å². The van der Waals surface area contributed by atoms with Crippen LogP contribution in [0.5, 0.6) is 0 Å². The molecule has 4 rings (SSSR count). The van der Waals surface area contributed by atoms with E-state index in [0.717, 1.165) is 37.8 Å². The number of amides is 1. The molecule has 132 valence electrons. The van der Waals surface area contributed by atoms with Gasteiger partial charge in [0.2, 0.25) is 11.7 Å². The summed E-state index contributed by atoms with van der Waals surface area (Å²) < 4.78 is 11.2. The second-order valence-electron chi connectivity index (χ2n) is 6.87. The Hall–Kier alpha value is -2.21. The van der Waals surface area contributed by atoms with E-state index in [1.807, 2.05) is 35.2 Å². The van der Waals surface area contributed by atoms with Crippen molar-refractivity contribution in [1.82, 2.24) is 15.0 Å². The highest BCUT2D eigenvalue weighted by molar-refractivity contribution is 5.79. The van der Waals surface area contributed by atoms with Gasteiger partial charge in [-0.1, -0.05) is 41.9 Å². The minimum atomic E-state index is 0.0462. The zero-order valence-electron chi connectivity index (χ0n) is 14.3. The lowest BCUT2D eigenvalue weighted by molar-refractivity contribution is -0.142. The molecule has 1 saturated heterocycles. The number of hydrogen-bond donors (Lipinski definition) is 0. The maximum atomic E-state index is 12.4. The summed E-state index contributed by atoms with van der Waals surface area (Å²) in [5.41, 5.74) is 0.924. The van der Waals surface area contributed by atoms with E-state index >= 15 is 0 Å². The summed E-state index contributed by atoms with van der Waals surface area (Å²) in [6.07, 6.45) is 5.28. The average molecular weight is 341 g/mol. The van der Waals surface area contributed by atoms with Crippen LogP contribution in [-0.2, 0) is 16.1 Å². The Bertz CT molecular complexity index is 712. The second-order valence-corrected chi connectivity index (χ2v) is 6.87. The smallest absolute Gasteiger partial charge is 0.252 e. The number of piperidine rings is 1. The monoisotopic (exact) mass is 341 g/mol. The Balaban J connectivity index is 1.30. The number of ether oxygens (including phenoxy) is 1. The van der Waals surface area contributed by atoms with Crippen molar-refractivity contribution in [2.45, 2.75) is 44.8 Å². The van der Waals surface area contributed by atoms with Crippen LogP contribution in [0.4, 0.5) is 0 Å². The molecule has 6 heteroatoms. The lowest BCUT2D eigenvalue weighted by Gasteiger charge is -2.36. The molecule has 2 heterocycles. The Morgan fingerprint density at radius 2 is 2.04 bits per heavy atom. The minimum absolute atomic E-state index is 0.0462. The SMILES string of the molecule is O=C(C1CCC1)N1CCC[C@H](OCc2nc(-c3ccccc3)no2)C1. The van der Waals surface area contributed by atoms with Crippen molar-refractivity contribution in [1.29, 1.82) is 0 Å². The van der Waals surface area contributed by atoms with Crippen LogP contribution < -0.4 is 0 Å². The fourth-order valence-corrected chi connectivity index (χ4v) is 3.39. The zero-order chi connectivity index (χ0) is 17.1. The molecule has 2 fully saturated rings. The first-order valence-electron chi connectivity index (χ1n) is 9.08. The van der Waals surface area contributed by atoms with Crippen molar-refractivity contribution in [2.75, 3.05) is 13.1 Å². The van der Waals surface area contributed by atoms with E-state index in [1.165, 1.54) is 6.42 Å². The van der Waals surface area contributed by atoms with E-state index in [2.05, 4.69) is 10.1 Å². The molecule has 0 spiro atoms. The van der Waals surface area contributed by atoms with Crippen LogP contribution in [0.1, 0.15) is 38.0 Å². The van der Waals surface area contributed by atoms with Crippen molar-refractivity contribution >= 4 is 5.91 Å². The largest absolute Gasteiger partial charge is 0.367 e. The van der Waals surface area contributed by atoms with Crippen LogP contribution in [0.3, 0.4) is 0 Å². The molecule has 0 bridgehead atoms. The van der Waals surface area contributed by atoms with Crippen molar-refractivity contribution in [3.8, 4) is 11.4 Å². The first-order chi connectivity index (χ1) is 12.3.